The summed E-state index contributed by atoms with van der Waals surface area (Å²) in [7, 11) is 1.60. The van der Waals surface area contributed by atoms with Crippen molar-refractivity contribution in [1.29, 1.82) is 0 Å². The second kappa shape index (κ2) is 7.51. The van der Waals surface area contributed by atoms with Crippen molar-refractivity contribution < 1.29 is 9.90 Å². The smallest absolute Gasteiger partial charge is 0.251 e. The van der Waals surface area contributed by atoms with Crippen LogP contribution in [0.4, 0.5) is 5.82 Å². The largest absolute Gasteiger partial charge is 0.376 e. The predicted octanol–water partition coefficient (Wildman–Crippen LogP) is 1.67. The molecule has 22 heavy (non-hydrogen) atoms. The Hall–Kier alpha value is -2.47. The van der Waals surface area contributed by atoms with Crippen LogP contribution in [0.5, 0.6) is 0 Å². The molecule has 1 amide bonds. The molecular formula is C16H20N4O2. The highest BCUT2D eigenvalue weighted by Gasteiger charge is 2.10. The topological polar surface area (TPSA) is 78.3 Å². The number of rotatable bonds is 6. The van der Waals surface area contributed by atoms with Crippen LogP contribution in [0.2, 0.25) is 0 Å². The van der Waals surface area contributed by atoms with Gasteiger partial charge in [0.25, 0.3) is 5.91 Å². The highest BCUT2D eigenvalue weighted by atomic mass is 16.3. The summed E-state index contributed by atoms with van der Waals surface area (Å²) in [6, 6.07) is 7.21. The van der Waals surface area contributed by atoms with Crippen LogP contribution in [0.25, 0.3) is 11.3 Å². The van der Waals surface area contributed by atoms with Crippen LogP contribution in [0.1, 0.15) is 23.7 Å². The molecule has 0 atom stereocenters. The summed E-state index contributed by atoms with van der Waals surface area (Å²) in [4.78, 5) is 22.2. The molecule has 0 spiro atoms. The zero-order chi connectivity index (χ0) is 15.9. The van der Waals surface area contributed by atoms with Crippen molar-refractivity contribution in [3.05, 3.63) is 42.2 Å². The third-order valence-electron chi connectivity index (χ3n) is 3.26. The number of amides is 1. The number of nitrogens with one attached hydrogen (secondary N) is 1. The SMILES string of the molecule is CCCN(CO)c1cncc(-c2cccc(C(=O)NC)c2)n1. The lowest BCUT2D eigenvalue weighted by molar-refractivity contribution is 0.0963. The molecule has 1 heterocycles. The molecule has 2 N–H and O–H groups in total. The number of carbonyl (C=O) groups excluding carboxylic acids is 1. The first-order valence-electron chi connectivity index (χ1n) is 7.20. The average Bonchev–Trinajstić information content (AvgIpc) is 2.59. The Bertz CT molecular complexity index is 646. The lowest BCUT2D eigenvalue weighted by atomic mass is 10.1. The Kier molecular flexibility index (Phi) is 5.43. The van der Waals surface area contributed by atoms with Crippen molar-refractivity contribution in [2.24, 2.45) is 0 Å². The first-order valence-corrected chi connectivity index (χ1v) is 7.20. The van der Waals surface area contributed by atoms with Gasteiger partial charge in [-0.25, -0.2) is 4.98 Å². The van der Waals surface area contributed by atoms with E-state index in [1.54, 1.807) is 36.5 Å². The van der Waals surface area contributed by atoms with E-state index in [0.29, 0.717) is 23.6 Å². The van der Waals surface area contributed by atoms with Gasteiger partial charge in [0, 0.05) is 24.7 Å². The summed E-state index contributed by atoms with van der Waals surface area (Å²) >= 11 is 0. The molecule has 1 aromatic heterocycles. The molecule has 0 aliphatic rings. The molecule has 0 saturated heterocycles. The van der Waals surface area contributed by atoms with E-state index in [0.717, 1.165) is 12.0 Å². The van der Waals surface area contributed by atoms with Gasteiger partial charge in [0.2, 0.25) is 0 Å². The standard InChI is InChI=1S/C16H20N4O2/c1-3-7-20(11-21)15-10-18-9-14(19-15)12-5-4-6-13(8-12)16(22)17-2/h4-6,8-10,21H,3,7,11H2,1-2H3,(H,17,22). The first kappa shape index (κ1) is 15.9. The normalized spacial score (nSPS) is 10.3. The number of hydrogen-bond donors (Lipinski definition) is 2. The minimum Gasteiger partial charge on any atom is -0.376 e. The molecule has 6 heteroatoms. The van der Waals surface area contributed by atoms with E-state index in [-0.39, 0.29) is 12.6 Å². The number of anilines is 1. The Balaban J connectivity index is 2.35. The second-order valence-corrected chi connectivity index (χ2v) is 4.83. The predicted molar refractivity (Wildman–Crippen MR) is 85.6 cm³/mol. The molecular weight excluding hydrogens is 280 g/mol. The molecule has 1 aromatic carbocycles. The van der Waals surface area contributed by atoms with E-state index < -0.39 is 0 Å². The van der Waals surface area contributed by atoms with Gasteiger partial charge >= 0.3 is 0 Å². The van der Waals surface area contributed by atoms with Gasteiger partial charge in [-0.3, -0.25) is 9.78 Å². The van der Waals surface area contributed by atoms with E-state index in [1.807, 2.05) is 19.1 Å². The Morgan fingerprint density at radius 2 is 2.18 bits per heavy atom. The quantitative estimate of drug-likeness (QED) is 0.793. The van der Waals surface area contributed by atoms with E-state index in [4.69, 9.17) is 0 Å². The molecule has 0 aliphatic carbocycles. The van der Waals surface area contributed by atoms with Crippen molar-refractivity contribution >= 4 is 11.7 Å². The molecule has 0 unspecified atom stereocenters. The Morgan fingerprint density at radius 3 is 2.86 bits per heavy atom. The fraction of sp³-hybridized carbons (Fsp3) is 0.312. The first-order chi connectivity index (χ1) is 10.7. The molecule has 0 aliphatic heterocycles. The van der Waals surface area contributed by atoms with Crippen molar-refractivity contribution in [3.63, 3.8) is 0 Å². The summed E-state index contributed by atoms with van der Waals surface area (Å²) < 4.78 is 0. The third kappa shape index (κ3) is 3.59. The van der Waals surface area contributed by atoms with Crippen LogP contribution >= 0.6 is 0 Å². The molecule has 2 aromatic rings. The Labute approximate surface area is 129 Å². The summed E-state index contributed by atoms with van der Waals surface area (Å²) in [6.45, 7) is 2.63. The number of benzene rings is 1. The van der Waals surface area contributed by atoms with Crippen LogP contribution in [0.3, 0.4) is 0 Å². The maximum absolute atomic E-state index is 11.7. The van der Waals surface area contributed by atoms with Gasteiger partial charge in [0.1, 0.15) is 12.5 Å². The molecule has 116 valence electrons. The summed E-state index contributed by atoms with van der Waals surface area (Å²) in [5.41, 5.74) is 2.04. The third-order valence-corrected chi connectivity index (χ3v) is 3.26. The minimum absolute atomic E-state index is 0.107. The lowest BCUT2D eigenvalue weighted by Crippen LogP contribution is -2.26. The van der Waals surface area contributed by atoms with Crippen LogP contribution in [0, 0.1) is 0 Å². The van der Waals surface area contributed by atoms with Gasteiger partial charge in [-0.2, -0.15) is 0 Å². The van der Waals surface area contributed by atoms with Gasteiger partial charge in [0.15, 0.2) is 0 Å². The second-order valence-electron chi connectivity index (χ2n) is 4.83. The van der Waals surface area contributed by atoms with Crippen molar-refractivity contribution in [3.8, 4) is 11.3 Å². The summed E-state index contributed by atoms with van der Waals surface area (Å²) in [6.07, 6.45) is 4.17. The highest BCUT2D eigenvalue weighted by molar-refractivity contribution is 5.95. The Morgan fingerprint density at radius 1 is 1.36 bits per heavy atom. The maximum atomic E-state index is 11.7. The molecule has 0 saturated carbocycles. The van der Waals surface area contributed by atoms with Crippen molar-refractivity contribution in [2.75, 3.05) is 25.2 Å². The molecule has 0 radical (unpaired) electrons. The van der Waals surface area contributed by atoms with Gasteiger partial charge in [-0.1, -0.05) is 19.1 Å². The highest BCUT2D eigenvalue weighted by Crippen LogP contribution is 2.20. The molecule has 0 bridgehead atoms. The number of aliphatic hydroxyl groups excluding tert-OH is 1. The monoisotopic (exact) mass is 300 g/mol. The molecule has 0 fully saturated rings. The van der Waals surface area contributed by atoms with Crippen LogP contribution in [-0.4, -0.2) is 41.3 Å². The zero-order valence-electron chi connectivity index (χ0n) is 12.8. The van der Waals surface area contributed by atoms with Crippen LogP contribution in [-0.2, 0) is 0 Å². The number of hydrogen-bond acceptors (Lipinski definition) is 5. The van der Waals surface area contributed by atoms with Crippen molar-refractivity contribution in [2.45, 2.75) is 13.3 Å². The number of aliphatic hydroxyl groups is 1. The summed E-state index contributed by atoms with van der Waals surface area (Å²) in [5.74, 6) is 0.473. The van der Waals surface area contributed by atoms with Crippen LogP contribution < -0.4 is 10.2 Å². The van der Waals surface area contributed by atoms with E-state index in [1.165, 1.54) is 0 Å². The van der Waals surface area contributed by atoms with Gasteiger partial charge < -0.3 is 15.3 Å². The fourth-order valence-electron chi connectivity index (χ4n) is 2.14. The van der Waals surface area contributed by atoms with Gasteiger partial charge in [-0.15, -0.1) is 0 Å². The molecule has 2 rings (SSSR count). The van der Waals surface area contributed by atoms with Gasteiger partial charge in [0.05, 0.1) is 18.1 Å². The van der Waals surface area contributed by atoms with E-state index in [9.17, 15) is 9.90 Å². The van der Waals surface area contributed by atoms with E-state index in [2.05, 4.69) is 15.3 Å². The van der Waals surface area contributed by atoms with Gasteiger partial charge in [-0.05, 0) is 18.6 Å². The number of aromatic nitrogens is 2. The minimum atomic E-state index is -0.145. The zero-order valence-corrected chi connectivity index (χ0v) is 12.8. The fourth-order valence-corrected chi connectivity index (χ4v) is 2.14. The lowest BCUT2D eigenvalue weighted by Gasteiger charge is -2.20. The summed E-state index contributed by atoms with van der Waals surface area (Å²) in [5, 5.41) is 12.0. The maximum Gasteiger partial charge on any atom is 0.251 e. The van der Waals surface area contributed by atoms with Crippen molar-refractivity contribution in [1.82, 2.24) is 15.3 Å². The van der Waals surface area contributed by atoms with E-state index >= 15 is 0 Å². The number of carbonyl (C=O) groups is 1. The van der Waals surface area contributed by atoms with Crippen LogP contribution in [0.15, 0.2) is 36.7 Å². The molecule has 6 nitrogen and oxygen atoms in total. The average molecular weight is 300 g/mol. The number of nitrogens with zero attached hydrogens (tertiary/aromatic N) is 3.